The topological polar surface area (TPSA) is 48.0 Å². The van der Waals surface area contributed by atoms with Crippen LogP contribution in [0.4, 0.5) is 4.79 Å². The first-order valence-corrected chi connectivity index (χ1v) is 7.41. The van der Waals surface area contributed by atoms with Gasteiger partial charge in [-0.2, -0.15) is 0 Å². The molecule has 5 nitrogen and oxygen atoms in total. The van der Waals surface area contributed by atoms with Crippen molar-refractivity contribution in [3.8, 4) is 0 Å². The van der Waals surface area contributed by atoms with Gasteiger partial charge in [-0.1, -0.05) is 30.3 Å². The van der Waals surface area contributed by atoms with E-state index in [9.17, 15) is 4.79 Å². The largest absolute Gasteiger partial charge is 0.445 e. The standard InChI is InChI=1S/C16H23NO4/c1-3-19-13(2)21-15-9-10-17(11-15)16(18)20-12-14-7-5-4-6-8-14/h4-8,13,15H,3,9-12H2,1-2H3/t13?,15-/m1/s1. The van der Waals surface area contributed by atoms with Gasteiger partial charge in [0.1, 0.15) is 6.61 Å². The Morgan fingerprint density at radius 2 is 2.14 bits per heavy atom. The van der Waals surface area contributed by atoms with Gasteiger partial charge in [-0.05, 0) is 25.8 Å². The zero-order valence-corrected chi connectivity index (χ0v) is 12.7. The van der Waals surface area contributed by atoms with E-state index in [0.717, 1.165) is 12.0 Å². The fraction of sp³-hybridized carbons (Fsp3) is 0.562. The minimum atomic E-state index is -0.283. The number of nitrogens with zero attached hydrogens (tertiary/aromatic N) is 1. The molecule has 2 rings (SSSR count). The molecule has 1 saturated heterocycles. The molecule has 5 heteroatoms. The molecule has 1 aromatic rings. The average molecular weight is 293 g/mol. The quantitative estimate of drug-likeness (QED) is 0.757. The van der Waals surface area contributed by atoms with Gasteiger partial charge in [-0.3, -0.25) is 0 Å². The van der Waals surface area contributed by atoms with Crippen LogP contribution in [0.5, 0.6) is 0 Å². The number of carbonyl (C=O) groups excluding carboxylic acids is 1. The van der Waals surface area contributed by atoms with Crippen LogP contribution in [0.1, 0.15) is 25.8 Å². The Morgan fingerprint density at radius 1 is 1.38 bits per heavy atom. The van der Waals surface area contributed by atoms with Gasteiger partial charge < -0.3 is 19.1 Å². The van der Waals surface area contributed by atoms with Gasteiger partial charge in [-0.25, -0.2) is 4.79 Å². The third-order valence-electron chi connectivity index (χ3n) is 3.39. The molecule has 1 fully saturated rings. The van der Waals surface area contributed by atoms with Crippen LogP contribution >= 0.6 is 0 Å². The van der Waals surface area contributed by atoms with Crippen molar-refractivity contribution in [2.45, 2.75) is 39.3 Å². The fourth-order valence-corrected chi connectivity index (χ4v) is 2.36. The molecule has 1 aromatic carbocycles. The summed E-state index contributed by atoms with van der Waals surface area (Å²) in [6.45, 7) is 5.96. The number of ether oxygens (including phenoxy) is 3. The van der Waals surface area contributed by atoms with Crippen molar-refractivity contribution in [2.24, 2.45) is 0 Å². The molecule has 0 N–H and O–H groups in total. The predicted molar refractivity (Wildman–Crippen MR) is 78.8 cm³/mol. The van der Waals surface area contributed by atoms with E-state index in [2.05, 4.69) is 0 Å². The zero-order chi connectivity index (χ0) is 15.1. The van der Waals surface area contributed by atoms with Gasteiger partial charge in [0.15, 0.2) is 6.29 Å². The van der Waals surface area contributed by atoms with Crippen LogP contribution < -0.4 is 0 Å². The lowest BCUT2D eigenvalue weighted by Gasteiger charge is -2.19. The normalized spacial score (nSPS) is 19.5. The smallest absolute Gasteiger partial charge is 0.410 e. The molecule has 1 amide bonds. The van der Waals surface area contributed by atoms with Crippen LogP contribution in [0.2, 0.25) is 0 Å². The molecular weight excluding hydrogens is 270 g/mol. The molecule has 0 aliphatic carbocycles. The minimum absolute atomic E-state index is 0.0239. The molecule has 1 aliphatic rings. The van der Waals surface area contributed by atoms with Crippen LogP contribution in [0, 0.1) is 0 Å². The van der Waals surface area contributed by atoms with E-state index in [4.69, 9.17) is 14.2 Å². The van der Waals surface area contributed by atoms with E-state index in [0.29, 0.717) is 26.3 Å². The van der Waals surface area contributed by atoms with E-state index in [-0.39, 0.29) is 18.5 Å². The summed E-state index contributed by atoms with van der Waals surface area (Å²) < 4.78 is 16.4. The number of carbonyl (C=O) groups is 1. The lowest BCUT2D eigenvalue weighted by Crippen LogP contribution is -2.31. The molecule has 1 heterocycles. The predicted octanol–water partition coefficient (Wildman–Crippen LogP) is 2.80. The van der Waals surface area contributed by atoms with Gasteiger partial charge >= 0.3 is 6.09 Å². The Morgan fingerprint density at radius 3 is 2.86 bits per heavy atom. The van der Waals surface area contributed by atoms with Crippen molar-refractivity contribution in [3.63, 3.8) is 0 Å². The van der Waals surface area contributed by atoms with Gasteiger partial charge in [-0.15, -0.1) is 0 Å². The van der Waals surface area contributed by atoms with E-state index in [1.54, 1.807) is 4.90 Å². The lowest BCUT2D eigenvalue weighted by atomic mass is 10.2. The van der Waals surface area contributed by atoms with Crippen LogP contribution in [-0.4, -0.2) is 43.1 Å². The molecule has 0 saturated carbocycles. The Balaban J connectivity index is 1.72. The minimum Gasteiger partial charge on any atom is -0.445 e. The molecule has 0 aromatic heterocycles. The molecule has 21 heavy (non-hydrogen) atoms. The lowest BCUT2D eigenvalue weighted by molar-refractivity contribution is -0.153. The summed E-state index contributed by atoms with van der Waals surface area (Å²) in [6.07, 6.45) is 0.322. The summed E-state index contributed by atoms with van der Waals surface area (Å²) in [5, 5.41) is 0. The Hall–Kier alpha value is -1.59. The summed E-state index contributed by atoms with van der Waals surface area (Å²) in [5.74, 6) is 0. The molecule has 1 unspecified atom stereocenters. The van der Waals surface area contributed by atoms with Crippen molar-refractivity contribution >= 4 is 6.09 Å². The molecule has 0 bridgehead atoms. The molecule has 0 spiro atoms. The third-order valence-corrected chi connectivity index (χ3v) is 3.39. The first kappa shape index (κ1) is 15.8. The second-order valence-electron chi connectivity index (χ2n) is 5.06. The fourth-order valence-electron chi connectivity index (χ4n) is 2.36. The number of benzene rings is 1. The number of hydrogen-bond acceptors (Lipinski definition) is 4. The number of hydrogen-bond donors (Lipinski definition) is 0. The average Bonchev–Trinajstić information content (AvgIpc) is 2.94. The van der Waals surface area contributed by atoms with E-state index in [1.807, 2.05) is 44.2 Å². The Bertz CT molecular complexity index is 437. The third kappa shape index (κ3) is 5.02. The monoisotopic (exact) mass is 293 g/mol. The van der Waals surface area contributed by atoms with Crippen LogP contribution in [0.25, 0.3) is 0 Å². The first-order chi connectivity index (χ1) is 10.2. The molecule has 116 valence electrons. The van der Waals surface area contributed by atoms with E-state index >= 15 is 0 Å². The second-order valence-corrected chi connectivity index (χ2v) is 5.06. The van der Waals surface area contributed by atoms with E-state index in [1.165, 1.54) is 0 Å². The maximum atomic E-state index is 12.0. The van der Waals surface area contributed by atoms with Gasteiger partial charge in [0, 0.05) is 13.2 Å². The zero-order valence-electron chi connectivity index (χ0n) is 12.7. The van der Waals surface area contributed by atoms with Gasteiger partial charge in [0.2, 0.25) is 0 Å². The van der Waals surface area contributed by atoms with Crippen LogP contribution in [0.3, 0.4) is 0 Å². The molecule has 1 aliphatic heterocycles. The highest BCUT2D eigenvalue weighted by Gasteiger charge is 2.29. The highest BCUT2D eigenvalue weighted by Crippen LogP contribution is 2.16. The second kappa shape index (κ2) is 8.00. The maximum Gasteiger partial charge on any atom is 0.410 e. The summed E-state index contributed by atoms with van der Waals surface area (Å²) in [4.78, 5) is 13.7. The molecule has 2 atom stereocenters. The van der Waals surface area contributed by atoms with Crippen molar-refractivity contribution in [1.29, 1.82) is 0 Å². The summed E-state index contributed by atoms with van der Waals surface area (Å²) in [5.41, 5.74) is 0.989. The van der Waals surface area contributed by atoms with Gasteiger partial charge in [0.05, 0.1) is 12.6 Å². The summed E-state index contributed by atoms with van der Waals surface area (Å²) in [7, 11) is 0. The summed E-state index contributed by atoms with van der Waals surface area (Å²) >= 11 is 0. The summed E-state index contributed by atoms with van der Waals surface area (Å²) in [6, 6.07) is 9.67. The van der Waals surface area contributed by atoms with E-state index < -0.39 is 0 Å². The SMILES string of the molecule is CCOC(C)O[C@@H]1CCN(C(=O)OCc2ccccc2)C1. The number of likely N-dealkylation sites (tertiary alicyclic amines) is 1. The Labute approximate surface area is 125 Å². The Kier molecular flexibility index (Phi) is 6.02. The maximum absolute atomic E-state index is 12.0. The first-order valence-electron chi connectivity index (χ1n) is 7.41. The van der Waals surface area contributed by atoms with Crippen molar-refractivity contribution in [3.05, 3.63) is 35.9 Å². The van der Waals surface area contributed by atoms with Crippen molar-refractivity contribution in [2.75, 3.05) is 19.7 Å². The van der Waals surface area contributed by atoms with Crippen LogP contribution in [0.15, 0.2) is 30.3 Å². The molecule has 0 radical (unpaired) electrons. The molecular formula is C16H23NO4. The van der Waals surface area contributed by atoms with Crippen molar-refractivity contribution in [1.82, 2.24) is 4.90 Å². The van der Waals surface area contributed by atoms with Gasteiger partial charge in [0.25, 0.3) is 0 Å². The number of amides is 1. The highest BCUT2D eigenvalue weighted by molar-refractivity contribution is 5.68. The highest BCUT2D eigenvalue weighted by atomic mass is 16.7. The number of rotatable bonds is 6. The van der Waals surface area contributed by atoms with Crippen LogP contribution in [-0.2, 0) is 20.8 Å². The van der Waals surface area contributed by atoms with Crippen molar-refractivity contribution < 1.29 is 19.0 Å².